The molecule has 0 saturated heterocycles. The van der Waals surface area contributed by atoms with E-state index in [0.717, 1.165) is 73.6 Å². The van der Waals surface area contributed by atoms with Crippen LogP contribution in [0.15, 0.2) is 48.5 Å². The van der Waals surface area contributed by atoms with Gasteiger partial charge in [-0.25, -0.2) is 0 Å². The zero-order valence-corrected chi connectivity index (χ0v) is 15.6. The van der Waals surface area contributed by atoms with Crippen molar-refractivity contribution in [3.63, 3.8) is 0 Å². The van der Waals surface area contributed by atoms with Crippen molar-refractivity contribution in [1.29, 1.82) is 0 Å². The molecular weight excluding hydrogens is 320 g/mol. The van der Waals surface area contributed by atoms with E-state index in [-0.39, 0.29) is 0 Å². The number of benzene rings is 2. The van der Waals surface area contributed by atoms with Gasteiger partial charge >= 0.3 is 0 Å². The number of rotatable bonds is 3. The Morgan fingerprint density at radius 3 is 1.23 bits per heavy atom. The SMILES string of the molecule is OC1(c2ccccc2-c2ccccc2C2(O)CCCCC2)CCCCC1. The average Bonchev–Trinajstić information content (AvgIpc) is 2.69. The first-order chi connectivity index (χ1) is 12.6. The van der Waals surface area contributed by atoms with Crippen LogP contribution in [0.25, 0.3) is 11.1 Å². The predicted octanol–water partition coefficient (Wildman–Crippen LogP) is 5.66. The Labute approximate surface area is 156 Å². The van der Waals surface area contributed by atoms with Gasteiger partial charge in [-0.3, -0.25) is 0 Å². The first-order valence-electron chi connectivity index (χ1n) is 10.3. The fourth-order valence-corrected chi connectivity index (χ4v) is 5.06. The van der Waals surface area contributed by atoms with Crippen molar-refractivity contribution in [3.05, 3.63) is 59.7 Å². The Morgan fingerprint density at radius 2 is 0.846 bits per heavy atom. The van der Waals surface area contributed by atoms with Crippen molar-refractivity contribution in [3.8, 4) is 11.1 Å². The van der Waals surface area contributed by atoms with Gasteiger partial charge in [-0.1, -0.05) is 87.1 Å². The fourth-order valence-electron chi connectivity index (χ4n) is 5.06. The normalized spacial score (nSPS) is 22.1. The summed E-state index contributed by atoms with van der Waals surface area (Å²) in [4.78, 5) is 0. The van der Waals surface area contributed by atoms with Crippen LogP contribution in [-0.2, 0) is 11.2 Å². The average molecular weight is 351 g/mol. The third-order valence-corrected chi connectivity index (χ3v) is 6.51. The summed E-state index contributed by atoms with van der Waals surface area (Å²) in [6.45, 7) is 0. The highest BCUT2D eigenvalue weighted by Crippen LogP contribution is 2.45. The van der Waals surface area contributed by atoms with E-state index < -0.39 is 11.2 Å². The number of aliphatic hydroxyl groups is 2. The lowest BCUT2D eigenvalue weighted by Crippen LogP contribution is -2.31. The van der Waals surface area contributed by atoms with Crippen LogP contribution in [-0.4, -0.2) is 10.2 Å². The van der Waals surface area contributed by atoms with E-state index in [2.05, 4.69) is 24.3 Å². The van der Waals surface area contributed by atoms with Crippen molar-refractivity contribution in [2.75, 3.05) is 0 Å². The second-order valence-electron chi connectivity index (χ2n) is 8.28. The molecule has 2 saturated carbocycles. The van der Waals surface area contributed by atoms with Crippen LogP contribution in [0.4, 0.5) is 0 Å². The van der Waals surface area contributed by atoms with Gasteiger partial charge in [0.1, 0.15) is 0 Å². The molecule has 2 N–H and O–H groups in total. The lowest BCUT2D eigenvalue weighted by Gasteiger charge is -2.37. The van der Waals surface area contributed by atoms with Crippen molar-refractivity contribution < 1.29 is 10.2 Å². The molecule has 0 radical (unpaired) electrons. The third-order valence-electron chi connectivity index (χ3n) is 6.51. The smallest absolute Gasteiger partial charge is 0.0902 e. The molecule has 2 heteroatoms. The molecule has 0 atom stereocenters. The molecule has 0 heterocycles. The Balaban J connectivity index is 1.82. The summed E-state index contributed by atoms with van der Waals surface area (Å²) in [6, 6.07) is 16.6. The van der Waals surface area contributed by atoms with E-state index in [1.54, 1.807) is 0 Å². The maximum Gasteiger partial charge on any atom is 0.0902 e. The predicted molar refractivity (Wildman–Crippen MR) is 106 cm³/mol. The van der Waals surface area contributed by atoms with E-state index in [9.17, 15) is 10.2 Å². The lowest BCUT2D eigenvalue weighted by molar-refractivity contribution is -0.00207. The van der Waals surface area contributed by atoms with Crippen LogP contribution >= 0.6 is 0 Å². The minimum Gasteiger partial charge on any atom is -0.385 e. The third kappa shape index (κ3) is 3.21. The van der Waals surface area contributed by atoms with Gasteiger partial charge in [0.25, 0.3) is 0 Å². The maximum absolute atomic E-state index is 11.4. The second-order valence-corrected chi connectivity index (χ2v) is 8.28. The van der Waals surface area contributed by atoms with Crippen LogP contribution in [0, 0.1) is 0 Å². The Hall–Kier alpha value is -1.64. The summed E-state index contributed by atoms with van der Waals surface area (Å²) in [5.41, 5.74) is 2.77. The van der Waals surface area contributed by atoms with Gasteiger partial charge in [0.15, 0.2) is 0 Å². The van der Waals surface area contributed by atoms with Crippen LogP contribution in [0.2, 0.25) is 0 Å². The molecule has 2 nitrogen and oxygen atoms in total. The first kappa shape index (κ1) is 17.8. The van der Waals surface area contributed by atoms with E-state index in [1.807, 2.05) is 24.3 Å². The minimum atomic E-state index is -0.739. The summed E-state index contributed by atoms with van der Waals surface area (Å²) in [7, 11) is 0. The van der Waals surface area contributed by atoms with Gasteiger partial charge in [-0.2, -0.15) is 0 Å². The molecule has 0 amide bonds. The first-order valence-corrected chi connectivity index (χ1v) is 10.3. The van der Waals surface area contributed by atoms with Crippen LogP contribution in [0.5, 0.6) is 0 Å². The van der Waals surface area contributed by atoms with E-state index in [0.29, 0.717) is 0 Å². The summed E-state index contributed by atoms with van der Waals surface area (Å²) < 4.78 is 0. The standard InChI is InChI=1S/C24H30O2/c25-23(15-7-1-8-16-23)21-13-5-3-11-19(21)20-12-4-6-14-22(20)24(26)17-9-2-10-18-24/h3-6,11-14,25-26H,1-2,7-10,15-18H2. The minimum absolute atomic E-state index is 0.739. The molecular formula is C24H30O2. The maximum atomic E-state index is 11.4. The van der Waals surface area contributed by atoms with Crippen LogP contribution in [0.1, 0.15) is 75.3 Å². The summed E-state index contributed by atoms with van der Waals surface area (Å²) in [6.07, 6.45) is 10.1. The number of hydrogen-bond acceptors (Lipinski definition) is 2. The monoisotopic (exact) mass is 350 g/mol. The second kappa shape index (κ2) is 7.17. The van der Waals surface area contributed by atoms with E-state index >= 15 is 0 Å². The highest BCUT2D eigenvalue weighted by Gasteiger charge is 2.36. The molecule has 0 spiro atoms. The molecule has 138 valence electrons. The van der Waals surface area contributed by atoms with Crippen molar-refractivity contribution in [2.24, 2.45) is 0 Å². The Morgan fingerprint density at radius 1 is 0.500 bits per heavy atom. The van der Waals surface area contributed by atoms with Gasteiger partial charge in [-0.05, 0) is 47.9 Å². The van der Waals surface area contributed by atoms with Crippen molar-refractivity contribution in [2.45, 2.75) is 75.4 Å². The van der Waals surface area contributed by atoms with Gasteiger partial charge in [-0.15, -0.1) is 0 Å². The fraction of sp³-hybridized carbons (Fsp3) is 0.500. The van der Waals surface area contributed by atoms with Gasteiger partial charge in [0, 0.05) is 0 Å². The topological polar surface area (TPSA) is 40.5 Å². The Bertz CT molecular complexity index is 687. The lowest BCUT2D eigenvalue weighted by atomic mass is 9.73. The molecule has 2 aliphatic rings. The van der Waals surface area contributed by atoms with Crippen LogP contribution < -0.4 is 0 Å². The van der Waals surface area contributed by atoms with Crippen LogP contribution in [0.3, 0.4) is 0 Å². The van der Waals surface area contributed by atoms with Crippen molar-refractivity contribution >= 4 is 0 Å². The molecule has 2 aliphatic carbocycles. The quantitative estimate of drug-likeness (QED) is 0.750. The molecule has 26 heavy (non-hydrogen) atoms. The Kier molecular flexibility index (Phi) is 4.90. The number of hydrogen-bond donors (Lipinski definition) is 2. The largest absolute Gasteiger partial charge is 0.385 e. The molecule has 0 aromatic heterocycles. The van der Waals surface area contributed by atoms with Crippen molar-refractivity contribution in [1.82, 2.24) is 0 Å². The summed E-state index contributed by atoms with van der Waals surface area (Å²) in [5, 5.41) is 22.8. The van der Waals surface area contributed by atoms with Gasteiger partial charge < -0.3 is 10.2 Å². The van der Waals surface area contributed by atoms with Gasteiger partial charge in [0.05, 0.1) is 11.2 Å². The highest BCUT2D eigenvalue weighted by atomic mass is 16.3. The molecule has 0 bridgehead atoms. The van der Waals surface area contributed by atoms with Gasteiger partial charge in [0.2, 0.25) is 0 Å². The molecule has 0 unspecified atom stereocenters. The summed E-state index contributed by atoms with van der Waals surface area (Å²) in [5.74, 6) is 0. The summed E-state index contributed by atoms with van der Waals surface area (Å²) >= 11 is 0. The zero-order valence-electron chi connectivity index (χ0n) is 15.6. The molecule has 2 aromatic rings. The molecule has 4 rings (SSSR count). The zero-order chi connectivity index (χ0) is 18.0. The van der Waals surface area contributed by atoms with E-state index in [1.165, 1.54) is 12.8 Å². The molecule has 2 aromatic carbocycles. The molecule has 2 fully saturated rings. The van der Waals surface area contributed by atoms with E-state index in [4.69, 9.17) is 0 Å². The highest BCUT2D eigenvalue weighted by molar-refractivity contribution is 5.73. The molecule has 0 aliphatic heterocycles.